The second-order valence-corrected chi connectivity index (χ2v) is 6.71. The third-order valence-corrected chi connectivity index (χ3v) is 4.53. The van der Waals surface area contributed by atoms with Crippen molar-refractivity contribution in [1.82, 2.24) is 5.32 Å². The Balaban J connectivity index is 1.44. The van der Waals surface area contributed by atoms with Gasteiger partial charge in [0.25, 0.3) is 11.8 Å². The summed E-state index contributed by atoms with van der Waals surface area (Å²) in [5.74, 6) is -1.65. The van der Waals surface area contributed by atoms with E-state index >= 15 is 0 Å². The molecule has 0 spiro atoms. The summed E-state index contributed by atoms with van der Waals surface area (Å²) in [4.78, 5) is 47.8. The predicted octanol–water partition coefficient (Wildman–Crippen LogP) is 2.28. The van der Waals surface area contributed by atoms with E-state index in [-0.39, 0.29) is 6.42 Å². The first-order chi connectivity index (χ1) is 14.3. The molecule has 3 rings (SSSR count). The zero-order valence-electron chi connectivity index (χ0n) is 16.5. The summed E-state index contributed by atoms with van der Waals surface area (Å²) >= 11 is 0. The molecule has 1 aliphatic rings. The molecule has 9 heteroatoms. The lowest BCUT2D eigenvalue weighted by molar-refractivity contribution is -0.151. The number of anilines is 2. The SMILES string of the molecule is Cc1cccc(NC(=O)NC(=O)COC(=O)C[C@H]2Oc3ccccc3NC2=O)c1C. The van der Waals surface area contributed by atoms with Gasteiger partial charge in [-0.05, 0) is 43.2 Å². The van der Waals surface area contributed by atoms with Crippen molar-refractivity contribution in [1.29, 1.82) is 0 Å². The van der Waals surface area contributed by atoms with E-state index in [1.165, 1.54) is 0 Å². The average molecular weight is 411 g/mol. The maximum atomic E-state index is 12.0. The van der Waals surface area contributed by atoms with Crippen molar-refractivity contribution in [2.75, 3.05) is 17.2 Å². The number of imide groups is 1. The summed E-state index contributed by atoms with van der Waals surface area (Å²) in [5, 5.41) is 7.28. The topological polar surface area (TPSA) is 123 Å². The van der Waals surface area contributed by atoms with Crippen molar-refractivity contribution >= 4 is 35.2 Å². The van der Waals surface area contributed by atoms with E-state index in [0.717, 1.165) is 11.1 Å². The van der Waals surface area contributed by atoms with Gasteiger partial charge in [0.15, 0.2) is 12.7 Å². The van der Waals surface area contributed by atoms with Gasteiger partial charge in [0.05, 0.1) is 12.1 Å². The Morgan fingerprint density at radius 1 is 1.10 bits per heavy atom. The Labute approximate surface area is 172 Å². The molecule has 156 valence electrons. The Bertz CT molecular complexity index is 1000. The fraction of sp³-hybridized carbons (Fsp3) is 0.238. The van der Waals surface area contributed by atoms with Gasteiger partial charge in [0.2, 0.25) is 0 Å². The zero-order chi connectivity index (χ0) is 21.7. The van der Waals surface area contributed by atoms with Crippen LogP contribution in [0.2, 0.25) is 0 Å². The molecule has 2 aromatic carbocycles. The zero-order valence-corrected chi connectivity index (χ0v) is 16.5. The van der Waals surface area contributed by atoms with Crippen molar-refractivity contribution in [3.05, 3.63) is 53.6 Å². The second kappa shape index (κ2) is 9.08. The average Bonchev–Trinajstić information content (AvgIpc) is 2.70. The minimum atomic E-state index is -1.07. The molecule has 0 saturated carbocycles. The van der Waals surface area contributed by atoms with Gasteiger partial charge in [0, 0.05) is 5.69 Å². The summed E-state index contributed by atoms with van der Waals surface area (Å²) in [5.41, 5.74) is 2.95. The van der Waals surface area contributed by atoms with Crippen LogP contribution in [0.5, 0.6) is 5.75 Å². The number of fused-ring (bicyclic) bond motifs is 1. The van der Waals surface area contributed by atoms with Crippen molar-refractivity contribution < 1.29 is 28.7 Å². The van der Waals surface area contributed by atoms with Crippen LogP contribution in [0, 0.1) is 13.8 Å². The number of hydrogen-bond acceptors (Lipinski definition) is 6. The number of para-hydroxylation sites is 2. The number of amides is 4. The van der Waals surface area contributed by atoms with Gasteiger partial charge in [-0.2, -0.15) is 0 Å². The van der Waals surface area contributed by atoms with Gasteiger partial charge in [0.1, 0.15) is 5.75 Å². The third kappa shape index (κ3) is 5.13. The van der Waals surface area contributed by atoms with Crippen LogP contribution in [-0.4, -0.2) is 36.5 Å². The number of benzene rings is 2. The van der Waals surface area contributed by atoms with Gasteiger partial charge in [-0.15, -0.1) is 0 Å². The van der Waals surface area contributed by atoms with Crippen molar-refractivity contribution in [2.24, 2.45) is 0 Å². The highest BCUT2D eigenvalue weighted by molar-refractivity contribution is 6.02. The van der Waals surface area contributed by atoms with Crippen molar-refractivity contribution in [2.45, 2.75) is 26.4 Å². The molecular weight excluding hydrogens is 390 g/mol. The molecule has 0 bridgehead atoms. The summed E-state index contributed by atoms with van der Waals surface area (Å²) < 4.78 is 10.3. The largest absolute Gasteiger partial charge is 0.478 e. The number of esters is 1. The Morgan fingerprint density at radius 3 is 2.67 bits per heavy atom. The standard InChI is InChI=1S/C21H21N3O6/c1-12-6-5-8-14(13(12)2)23-21(28)24-18(25)11-29-19(26)10-17-20(27)22-15-7-3-4-9-16(15)30-17/h3-9,17H,10-11H2,1-2H3,(H,22,27)(H2,23,24,25,28)/t17-/m1/s1. The van der Waals surface area contributed by atoms with Crippen molar-refractivity contribution in [3.63, 3.8) is 0 Å². The third-order valence-electron chi connectivity index (χ3n) is 4.53. The maximum Gasteiger partial charge on any atom is 0.325 e. The molecule has 0 fully saturated rings. The normalized spacial score (nSPS) is 14.6. The molecule has 1 heterocycles. The van der Waals surface area contributed by atoms with Gasteiger partial charge in [-0.1, -0.05) is 24.3 Å². The van der Waals surface area contributed by atoms with E-state index < -0.39 is 36.5 Å². The number of rotatable bonds is 5. The highest BCUT2D eigenvalue weighted by Gasteiger charge is 2.30. The van der Waals surface area contributed by atoms with E-state index in [4.69, 9.17) is 9.47 Å². The lowest BCUT2D eigenvalue weighted by atomic mass is 10.1. The van der Waals surface area contributed by atoms with E-state index in [1.54, 1.807) is 36.4 Å². The van der Waals surface area contributed by atoms with Gasteiger partial charge < -0.3 is 20.1 Å². The van der Waals surface area contributed by atoms with E-state index in [1.807, 2.05) is 19.9 Å². The Morgan fingerprint density at radius 2 is 1.87 bits per heavy atom. The summed E-state index contributed by atoms with van der Waals surface area (Å²) in [7, 11) is 0. The molecule has 0 aromatic heterocycles. The Hall–Kier alpha value is -3.88. The maximum absolute atomic E-state index is 12.0. The number of carbonyl (C=O) groups excluding carboxylic acids is 4. The Kier molecular flexibility index (Phi) is 6.31. The molecule has 0 unspecified atom stereocenters. The molecule has 4 amide bonds. The molecule has 9 nitrogen and oxygen atoms in total. The van der Waals surface area contributed by atoms with Gasteiger partial charge in [-0.3, -0.25) is 19.7 Å². The number of nitrogens with one attached hydrogen (secondary N) is 3. The highest BCUT2D eigenvalue weighted by Crippen LogP contribution is 2.29. The number of ether oxygens (including phenoxy) is 2. The molecule has 1 aliphatic heterocycles. The van der Waals surface area contributed by atoms with Crippen LogP contribution in [0.4, 0.5) is 16.2 Å². The number of carbonyl (C=O) groups is 4. The predicted molar refractivity (Wildman–Crippen MR) is 108 cm³/mol. The highest BCUT2D eigenvalue weighted by atomic mass is 16.5. The second-order valence-electron chi connectivity index (χ2n) is 6.71. The molecule has 30 heavy (non-hydrogen) atoms. The monoisotopic (exact) mass is 411 g/mol. The van der Waals surface area contributed by atoms with Crippen LogP contribution in [0.15, 0.2) is 42.5 Å². The van der Waals surface area contributed by atoms with Crippen molar-refractivity contribution in [3.8, 4) is 5.75 Å². The molecule has 3 N–H and O–H groups in total. The lowest BCUT2D eigenvalue weighted by Gasteiger charge is -2.25. The smallest absolute Gasteiger partial charge is 0.325 e. The number of hydrogen-bond donors (Lipinski definition) is 3. The molecule has 0 radical (unpaired) electrons. The molecule has 0 aliphatic carbocycles. The number of urea groups is 1. The fourth-order valence-electron chi connectivity index (χ4n) is 2.79. The first-order valence-corrected chi connectivity index (χ1v) is 9.22. The van der Waals surface area contributed by atoms with Crippen LogP contribution in [0.3, 0.4) is 0 Å². The van der Waals surface area contributed by atoms with E-state index in [0.29, 0.717) is 17.1 Å². The fourth-order valence-corrected chi connectivity index (χ4v) is 2.79. The van der Waals surface area contributed by atoms with Gasteiger partial charge >= 0.3 is 12.0 Å². The van der Waals surface area contributed by atoms with Crippen LogP contribution in [0.1, 0.15) is 17.5 Å². The van der Waals surface area contributed by atoms with Crippen LogP contribution in [-0.2, 0) is 19.1 Å². The first-order valence-electron chi connectivity index (χ1n) is 9.22. The molecule has 0 saturated heterocycles. The summed E-state index contributed by atoms with van der Waals surface area (Å²) in [6.45, 7) is 3.08. The van der Waals surface area contributed by atoms with E-state index in [9.17, 15) is 19.2 Å². The minimum absolute atomic E-state index is 0.373. The van der Waals surface area contributed by atoms with E-state index in [2.05, 4.69) is 16.0 Å². The van der Waals surface area contributed by atoms with Crippen LogP contribution in [0.25, 0.3) is 0 Å². The quantitative estimate of drug-likeness (QED) is 0.649. The number of aryl methyl sites for hydroxylation is 1. The summed E-state index contributed by atoms with van der Waals surface area (Å²) in [6, 6.07) is 11.5. The van der Waals surface area contributed by atoms with Crippen LogP contribution < -0.4 is 20.7 Å². The minimum Gasteiger partial charge on any atom is -0.478 e. The molecule has 1 atom stereocenters. The molecular formula is C21H21N3O6. The molecule has 2 aromatic rings. The lowest BCUT2D eigenvalue weighted by Crippen LogP contribution is -2.40. The first kappa shape index (κ1) is 20.8. The van der Waals surface area contributed by atoms with Crippen LogP contribution >= 0.6 is 0 Å². The van der Waals surface area contributed by atoms with Gasteiger partial charge in [-0.25, -0.2) is 4.79 Å². The summed E-state index contributed by atoms with van der Waals surface area (Å²) in [6.07, 6.45) is -1.44.